The largest absolute Gasteiger partial charge is 0.417 e. The average molecular weight is 352 g/mol. The highest BCUT2D eigenvalue weighted by Gasteiger charge is 2.31. The number of aromatic nitrogens is 4. The van der Waals surface area contributed by atoms with Crippen molar-refractivity contribution in [2.75, 3.05) is 11.1 Å². The molecule has 0 fully saturated rings. The first-order chi connectivity index (χ1) is 10.3. The van der Waals surface area contributed by atoms with Gasteiger partial charge in [0.2, 0.25) is 11.1 Å². The van der Waals surface area contributed by atoms with E-state index in [1.807, 2.05) is 0 Å². The smallest absolute Gasteiger partial charge is 0.309 e. The van der Waals surface area contributed by atoms with Gasteiger partial charge in [0, 0.05) is 6.20 Å². The van der Waals surface area contributed by atoms with Gasteiger partial charge in [-0.3, -0.25) is 9.89 Å². The minimum Gasteiger partial charge on any atom is -0.309 e. The lowest BCUT2D eigenvalue weighted by atomic mass is 10.3. The molecule has 0 radical (unpaired) electrons. The molecular weight excluding hydrogens is 343 g/mol. The number of aromatic amines is 1. The molecule has 2 N–H and O–H groups in total. The third-order valence-electron chi connectivity index (χ3n) is 2.34. The third-order valence-corrected chi connectivity index (χ3v) is 3.47. The molecule has 22 heavy (non-hydrogen) atoms. The van der Waals surface area contributed by atoms with E-state index >= 15 is 0 Å². The van der Waals surface area contributed by atoms with Crippen LogP contribution in [0.3, 0.4) is 0 Å². The van der Waals surface area contributed by atoms with Crippen LogP contribution in [0.1, 0.15) is 11.4 Å². The zero-order chi connectivity index (χ0) is 16.3. The number of nitrogens with zero attached hydrogens (tertiary/aromatic N) is 3. The molecule has 0 saturated heterocycles. The summed E-state index contributed by atoms with van der Waals surface area (Å²) >= 11 is 6.75. The Balaban J connectivity index is 1.96. The number of carbonyl (C=O) groups excluding carboxylic acids is 1. The summed E-state index contributed by atoms with van der Waals surface area (Å²) in [7, 11) is 0. The molecule has 0 bridgehead atoms. The Morgan fingerprint density at radius 2 is 2.23 bits per heavy atom. The molecule has 0 atom stereocenters. The maximum atomic E-state index is 12.5. The van der Waals surface area contributed by atoms with Crippen LogP contribution in [0.2, 0.25) is 5.02 Å². The number of hydrogen-bond acceptors (Lipinski definition) is 5. The van der Waals surface area contributed by atoms with Crippen LogP contribution in [-0.4, -0.2) is 31.8 Å². The second-order valence-corrected chi connectivity index (χ2v) is 5.44. The maximum absolute atomic E-state index is 12.5. The molecular formula is C11H9ClF3N5OS. The quantitative estimate of drug-likeness (QED) is 0.827. The monoisotopic (exact) mass is 351 g/mol. The van der Waals surface area contributed by atoms with Gasteiger partial charge in [-0.2, -0.15) is 13.2 Å². The fourth-order valence-electron chi connectivity index (χ4n) is 1.37. The van der Waals surface area contributed by atoms with Crippen molar-refractivity contribution >= 4 is 35.1 Å². The number of nitrogens with one attached hydrogen (secondary N) is 2. The number of rotatable bonds is 4. The molecule has 0 aliphatic carbocycles. The number of hydrogen-bond donors (Lipinski definition) is 2. The Morgan fingerprint density at radius 3 is 2.77 bits per heavy atom. The van der Waals surface area contributed by atoms with Crippen molar-refractivity contribution in [1.29, 1.82) is 0 Å². The summed E-state index contributed by atoms with van der Waals surface area (Å²) < 4.78 is 37.4. The number of anilines is 1. The standard InChI is InChI=1S/C11H9ClF3N5OS/c1-5-17-10(20-19-5)22-4-8(21)18-9-7(12)2-6(3-16-9)11(13,14)15/h2-3H,4H2,1H3,(H,16,18,21)(H,17,19,20). The van der Waals surface area contributed by atoms with Gasteiger partial charge >= 0.3 is 6.18 Å². The van der Waals surface area contributed by atoms with Crippen molar-refractivity contribution in [2.45, 2.75) is 18.3 Å². The Labute approximate surface area is 131 Å². The molecule has 11 heteroatoms. The van der Waals surface area contributed by atoms with Gasteiger partial charge in [0.25, 0.3) is 0 Å². The van der Waals surface area contributed by atoms with E-state index in [1.165, 1.54) is 0 Å². The molecule has 0 aliphatic rings. The van der Waals surface area contributed by atoms with Gasteiger partial charge in [-0.25, -0.2) is 9.97 Å². The molecule has 2 heterocycles. The van der Waals surface area contributed by atoms with Crippen molar-refractivity contribution in [3.05, 3.63) is 28.7 Å². The highest BCUT2D eigenvalue weighted by Crippen LogP contribution is 2.32. The summed E-state index contributed by atoms with van der Waals surface area (Å²) in [5.41, 5.74) is -0.985. The lowest BCUT2D eigenvalue weighted by Crippen LogP contribution is -2.16. The van der Waals surface area contributed by atoms with Crippen LogP contribution in [0.4, 0.5) is 19.0 Å². The zero-order valence-electron chi connectivity index (χ0n) is 11.0. The fraction of sp³-hybridized carbons (Fsp3) is 0.273. The Kier molecular flexibility index (Phi) is 4.91. The maximum Gasteiger partial charge on any atom is 0.417 e. The predicted octanol–water partition coefficient (Wildman–Crippen LogP) is 2.91. The number of carbonyl (C=O) groups is 1. The normalized spacial score (nSPS) is 11.5. The van der Waals surface area contributed by atoms with E-state index < -0.39 is 17.6 Å². The lowest BCUT2D eigenvalue weighted by molar-refractivity contribution is -0.137. The molecule has 6 nitrogen and oxygen atoms in total. The third kappa shape index (κ3) is 4.34. The molecule has 2 rings (SSSR count). The van der Waals surface area contributed by atoms with Crippen molar-refractivity contribution in [3.8, 4) is 0 Å². The summed E-state index contributed by atoms with van der Waals surface area (Å²) in [6.45, 7) is 1.71. The molecule has 118 valence electrons. The summed E-state index contributed by atoms with van der Waals surface area (Å²) in [4.78, 5) is 19.2. The van der Waals surface area contributed by atoms with Crippen LogP contribution in [-0.2, 0) is 11.0 Å². The average Bonchev–Trinajstić information content (AvgIpc) is 2.83. The molecule has 0 spiro atoms. The van der Waals surface area contributed by atoms with Gasteiger partial charge in [0.1, 0.15) is 5.82 Å². The first-order valence-corrected chi connectivity index (χ1v) is 7.16. The second-order valence-electron chi connectivity index (χ2n) is 4.09. The molecule has 0 aromatic carbocycles. The summed E-state index contributed by atoms with van der Waals surface area (Å²) in [5, 5.41) is 8.88. The SMILES string of the molecule is Cc1nc(SCC(=O)Nc2ncc(C(F)(F)F)cc2Cl)n[nH]1. The first kappa shape index (κ1) is 16.6. The van der Waals surface area contributed by atoms with Gasteiger partial charge in [-0.1, -0.05) is 23.4 Å². The molecule has 2 aromatic heterocycles. The van der Waals surface area contributed by atoms with Crippen LogP contribution < -0.4 is 5.32 Å². The first-order valence-electron chi connectivity index (χ1n) is 5.80. The number of H-pyrrole nitrogens is 1. The number of amides is 1. The minimum absolute atomic E-state index is 0.0314. The van der Waals surface area contributed by atoms with Gasteiger partial charge in [-0.15, -0.1) is 5.10 Å². The lowest BCUT2D eigenvalue weighted by Gasteiger charge is -2.09. The van der Waals surface area contributed by atoms with Gasteiger partial charge in [0.05, 0.1) is 16.3 Å². The minimum atomic E-state index is -4.54. The number of halogens is 4. The Hall–Kier alpha value is -1.81. The van der Waals surface area contributed by atoms with Crippen molar-refractivity contribution in [2.24, 2.45) is 0 Å². The number of thioether (sulfide) groups is 1. The van der Waals surface area contributed by atoms with Gasteiger partial charge in [0.15, 0.2) is 5.82 Å². The molecule has 0 saturated carbocycles. The second kappa shape index (κ2) is 6.53. The van der Waals surface area contributed by atoms with E-state index in [-0.39, 0.29) is 16.6 Å². The molecule has 0 aliphatic heterocycles. The summed E-state index contributed by atoms with van der Waals surface area (Å²) in [6, 6.07) is 0.704. The van der Waals surface area contributed by atoms with E-state index in [1.54, 1.807) is 6.92 Å². The van der Waals surface area contributed by atoms with Crippen LogP contribution in [0.5, 0.6) is 0 Å². The van der Waals surface area contributed by atoms with E-state index in [0.717, 1.165) is 11.8 Å². The number of pyridine rings is 1. The fourth-order valence-corrected chi connectivity index (χ4v) is 2.23. The molecule has 2 aromatic rings. The van der Waals surface area contributed by atoms with Crippen molar-refractivity contribution < 1.29 is 18.0 Å². The highest BCUT2D eigenvalue weighted by molar-refractivity contribution is 7.99. The van der Waals surface area contributed by atoms with Gasteiger partial charge < -0.3 is 5.32 Å². The van der Waals surface area contributed by atoms with Crippen LogP contribution in [0, 0.1) is 6.92 Å². The van der Waals surface area contributed by atoms with E-state index in [0.29, 0.717) is 23.2 Å². The number of alkyl halides is 3. The highest BCUT2D eigenvalue weighted by atomic mass is 35.5. The van der Waals surface area contributed by atoms with E-state index in [4.69, 9.17) is 11.6 Å². The van der Waals surface area contributed by atoms with Crippen LogP contribution >= 0.6 is 23.4 Å². The Bertz CT molecular complexity index is 691. The van der Waals surface area contributed by atoms with Crippen molar-refractivity contribution in [3.63, 3.8) is 0 Å². The van der Waals surface area contributed by atoms with Crippen LogP contribution in [0.15, 0.2) is 17.4 Å². The summed E-state index contributed by atoms with van der Waals surface area (Å²) in [5.74, 6) is -0.0422. The van der Waals surface area contributed by atoms with E-state index in [2.05, 4.69) is 25.5 Å². The molecule has 1 amide bonds. The topological polar surface area (TPSA) is 83.6 Å². The summed E-state index contributed by atoms with van der Waals surface area (Å²) in [6.07, 6.45) is -3.94. The zero-order valence-corrected chi connectivity index (χ0v) is 12.6. The molecule has 0 unspecified atom stereocenters. The Morgan fingerprint density at radius 1 is 1.50 bits per heavy atom. The van der Waals surface area contributed by atoms with Crippen LogP contribution in [0.25, 0.3) is 0 Å². The van der Waals surface area contributed by atoms with Gasteiger partial charge in [-0.05, 0) is 13.0 Å². The number of aryl methyl sites for hydroxylation is 1. The predicted molar refractivity (Wildman–Crippen MR) is 74.7 cm³/mol. The van der Waals surface area contributed by atoms with Crippen molar-refractivity contribution in [1.82, 2.24) is 20.2 Å². The van der Waals surface area contributed by atoms with E-state index in [9.17, 15) is 18.0 Å².